The molecule has 3 heterocycles. The van der Waals surface area contributed by atoms with Crippen molar-refractivity contribution in [1.29, 1.82) is 0 Å². The Morgan fingerprint density at radius 2 is 2.17 bits per heavy atom. The second kappa shape index (κ2) is 8.26. The number of hydrogen-bond acceptors (Lipinski definition) is 5. The average molecular weight is 398 g/mol. The van der Waals surface area contributed by atoms with E-state index in [4.69, 9.17) is 4.74 Å². The maximum absolute atomic E-state index is 13.8. The molecule has 0 amide bonds. The summed E-state index contributed by atoms with van der Waals surface area (Å²) in [7, 11) is 0. The fourth-order valence-corrected chi connectivity index (χ4v) is 3.08. The van der Waals surface area contributed by atoms with Gasteiger partial charge in [-0.05, 0) is 31.2 Å². The Kier molecular flexibility index (Phi) is 5.37. The molecule has 9 heteroatoms. The molecule has 1 unspecified atom stereocenters. The SMILES string of the molecule is CC(Nc1ccn2ncc(-c3cn[nH]c3)c2n1)c1cc(F)ccc1OCCCF. The Morgan fingerprint density at radius 1 is 1.28 bits per heavy atom. The van der Waals surface area contributed by atoms with Gasteiger partial charge in [-0.1, -0.05) is 0 Å². The highest BCUT2D eigenvalue weighted by Crippen LogP contribution is 2.29. The van der Waals surface area contributed by atoms with Gasteiger partial charge in [-0.3, -0.25) is 9.49 Å². The van der Waals surface area contributed by atoms with Gasteiger partial charge in [0.15, 0.2) is 5.65 Å². The molecule has 0 aliphatic rings. The van der Waals surface area contributed by atoms with Gasteiger partial charge in [0.25, 0.3) is 0 Å². The summed E-state index contributed by atoms with van der Waals surface area (Å²) in [5.74, 6) is 0.756. The number of halogens is 2. The van der Waals surface area contributed by atoms with Crippen LogP contribution in [-0.2, 0) is 0 Å². The van der Waals surface area contributed by atoms with Crippen LogP contribution in [0.2, 0.25) is 0 Å². The van der Waals surface area contributed by atoms with E-state index in [9.17, 15) is 8.78 Å². The lowest BCUT2D eigenvalue weighted by Gasteiger charge is -2.19. The summed E-state index contributed by atoms with van der Waals surface area (Å²) < 4.78 is 33.5. The number of alkyl halides is 1. The predicted octanol–water partition coefficient (Wildman–Crippen LogP) is 4.17. The molecular weight excluding hydrogens is 378 g/mol. The lowest BCUT2D eigenvalue weighted by atomic mass is 10.1. The van der Waals surface area contributed by atoms with Gasteiger partial charge in [0.2, 0.25) is 0 Å². The third-order valence-electron chi connectivity index (χ3n) is 4.52. The Morgan fingerprint density at radius 3 is 2.97 bits per heavy atom. The van der Waals surface area contributed by atoms with Crippen LogP contribution in [0.1, 0.15) is 24.9 Å². The number of H-pyrrole nitrogens is 1. The molecule has 0 fully saturated rings. The summed E-state index contributed by atoms with van der Waals surface area (Å²) in [5, 5.41) is 14.3. The lowest BCUT2D eigenvalue weighted by molar-refractivity contribution is 0.286. The van der Waals surface area contributed by atoms with E-state index in [-0.39, 0.29) is 24.9 Å². The van der Waals surface area contributed by atoms with Gasteiger partial charge in [0.05, 0.1) is 31.7 Å². The van der Waals surface area contributed by atoms with E-state index in [2.05, 4.69) is 25.6 Å². The Balaban J connectivity index is 1.60. The summed E-state index contributed by atoms with van der Waals surface area (Å²) in [6.45, 7) is 1.66. The number of rotatable bonds is 8. The molecule has 0 radical (unpaired) electrons. The van der Waals surface area contributed by atoms with Crippen molar-refractivity contribution in [2.75, 3.05) is 18.6 Å². The Bertz CT molecular complexity index is 1100. The third kappa shape index (κ3) is 4.03. The summed E-state index contributed by atoms with van der Waals surface area (Å²) >= 11 is 0. The molecule has 0 aliphatic heterocycles. The van der Waals surface area contributed by atoms with E-state index in [1.165, 1.54) is 12.1 Å². The molecule has 150 valence electrons. The van der Waals surface area contributed by atoms with Gasteiger partial charge < -0.3 is 10.1 Å². The molecule has 3 aromatic heterocycles. The van der Waals surface area contributed by atoms with Crippen molar-refractivity contribution in [2.24, 2.45) is 0 Å². The summed E-state index contributed by atoms with van der Waals surface area (Å²) in [6, 6.07) is 5.80. The van der Waals surface area contributed by atoms with Gasteiger partial charge in [-0.2, -0.15) is 10.2 Å². The van der Waals surface area contributed by atoms with Crippen LogP contribution in [0, 0.1) is 5.82 Å². The van der Waals surface area contributed by atoms with Crippen LogP contribution in [-0.4, -0.2) is 38.1 Å². The van der Waals surface area contributed by atoms with Gasteiger partial charge in [0, 0.05) is 35.5 Å². The van der Waals surface area contributed by atoms with E-state index >= 15 is 0 Å². The Labute approximate surface area is 165 Å². The van der Waals surface area contributed by atoms with E-state index in [0.29, 0.717) is 22.8 Å². The number of ether oxygens (including phenoxy) is 1. The standard InChI is InChI=1S/C20H20F2N6O/c1-13(16-9-15(22)3-4-18(16)29-8-2-6-21)26-19-5-7-28-20(27-19)17(12-25-28)14-10-23-24-11-14/h3-5,7,9-13H,2,6,8H2,1H3,(H,23,24)(H,26,27). The molecule has 1 aromatic carbocycles. The average Bonchev–Trinajstić information content (AvgIpc) is 3.38. The fraction of sp³-hybridized carbons (Fsp3) is 0.250. The molecule has 0 aliphatic carbocycles. The topological polar surface area (TPSA) is 80.1 Å². The maximum Gasteiger partial charge on any atom is 0.165 e. The number of anilines is 1. The molecule has 0 bridgehead atoms. The van der Waals surface area contributed by atoms with Crippen molar-refractivity contribution in [2.45, 2.75) is 19.4 Å². The van der Waals surface area contributed by atoms with Crippen LogP contribution in [0.15, 0.2) is 49.1 Å². The highest BCUT2D eigenvalue weighted by atomic mass is 19.1. The minimum absolute atomic E-state index is 0.232. The van der Waals surface area contributed by atoms with Crippen LogP contribution in [0.25, 0.3) is 16.8 Å². The number of benzene rings is 1. The van der Waals surface area contributed by atoms with Crippen LogP contribution in [0.5, 0.6) is 5.75 Å². The second-order valence-electron chi connectivity index (χ2n) is 6.57. The van der Waals surface area contributed by atoms with Crippen molar-refractivity contribution in [3.8, 4) is 16.9 Å². The van der Waals surface area contributed by atoms with Crippen molar-refractivity contribution in [3.05, 3.63) is 60.4 Å². The van der Waals surface area contributed by atoms with Crippen LogP contribution >= 0.6 is 0 Å². The first-order chi connectivity index (χ1) is 14.2. The monoisotopic (exact) mass is 398 g/mol. The molecule has 0 saturated heterocycles. The van der Waals surface area contributed by atoms with Crippen LogP contribution < -0.4 is 10.1 Å². The largest absolute Gasteiger partial charge is 0.493 e. The zero-order chi connectivity index (χ0) is 20.2. The summed E-state index contributed by atoms with van der Waals surface area (Å²) in [6.07, 6.45) is 7.29. The van der Waals surface area contributed by atoms with Crippen LogP contribution in [0.3, 0.4) is 0 Å². The van der Waals surface area contributed by atoms with Gasteiger partial charge in [-0.15, -0.1) is 0 Å². The molecule has 0 saturated carbocycles. The lowest BCUT2D eigenvalue weighted by Crippen LogP contribution is -2.11. The van der Waals surface area contributed by atoms with E-state index in [0.717, 1.165) is 11.1 Å². The normalized spacial score (nSPS) is 12.2. The Hall–Kier alpha value is -3.49. The van der Waals surface area contributed by atoms with Crippen LogP contribution in [0.4, 0.5) is 14.6 Å². The van der Waals surface area contributed by atoms with Crippen molar-refractivity contribution >= 4 is 11.5 Å². The molecular formula is C20H20F2N6O. The number of nitrogens with zero attached hydrogens (tertiary/aromatic N) is 4. The molecule has 0 spiro atoms. The van der Waals surface area contributed by atoms with Gasteiger partial charge in [-0.25, -0.2) is 13.9 Å². The predicted molar refractivity (Wildman–Crippen MR) is 105 cm³/mol. The highest BCUT2D eigenvalue weighted by Gasteiger charge is 2.15. The third-order valence-corrected chi connectivity index (χ3v) is 4.52. The van der Waals surface area contributed by atoms with E-state index in [1.54, 1.807) is 41.4 Å². The smallest absolute Gasteiger partial charge is 0.165 e. The first kappa shape index (κ1) is 18.9. The second-order valence-corrected chi connectivity index (χ2v) is 6.57. The van der Waals surface area contributed by atoms with Gasteiger partial charge in [0.1, 0.15) is 17.4 Å². The highest BCUT2D eigenvalue weighted by molar-refractivity contribution is 5.76. The quantitative estimate of drug-likeness (QED) is 0.436. The number of fused-ring (bicyclic) bond motifs is 1. The van der Waals surface area contributed by atoms with Crippen molar-refractivity contribution < 1.29 is 13.5 Å². The van der Waals surface area contributed by atoms with E-state index in [1.807, 2.05) is 6.92 Å². The molecule has 4 rings (SSSR count). The number of hydrogen-bond donors (Lipinski definition) is 2. The first-order valence-corrected chi connectivity index (χ1v) is 9.24. The van der Waals surface area contributed by atoms with Gasteiger partial charge >= 0.3 is 0 Å². The fourth-order valence-electron chi connectivity index (χ4n) is 3.08. The number of aromatic amines is 1. The molecule has 1 atom stereocenters. The van der Waals surface area contributed by atoms with Crippen molar-refractivity contribution in [1.82, 2.24) is 24.8 Å². The minimum atomic E-state index is -0.460. The zero-order valence-electron chi connectivity index (χ0n) is 15.8. The number of aromatic nitrogens is 5. The maximum atomic E-state index is 13.8. The van der Waals surface area contributed by atoms with E-state index < -0.39 is 6.67 Å². The molecule has 29 heavy (non-hydrogen) atoms. The summed E-state index contributed by atoms with van der Waals surface area (Å²) in [5.41, 5.74) is 3.03. The molecule has 4 aromatic rings. The molecule has 7 nitrogen and oxygen atoms in total. The first-order valence-electron chi connectivity index (χ1n) is 9.24. The van der Waals surface area contributed by atoms with Crippen molar-refractivity contribution in [3.63, 3.8) is 0 Å². The summed E-state index contributed by atoms with van der Waals surface area (Å²) in [4.78, 5) is 4.65. The zero-order valence-corrected chi connectivity index (χ0v) is 15.8. The number of nitrogens with one attached hydrogen (secondary N) is 2. The minimum Gasteiger partial charge on any atom is -0.493 e. The molecule has 2 N–H and O–H groups in total.